The van der Waals surface area contributed by atoms with Crippen LogP contribution in [0, 0.1) is 5.92 Å². The van der Waals surface area contributed by atoms with Gasteiger partial charge in [0.25, 0.3) is 0 Å². The van der Waals surface area contributed by atoms with Crippen molar-refractivity contribution in [1.82, 2.24) is 15.0 Å². The molecule has 1 aliphatic carbocycles. The summed E-state index contributed by atoms with van der Waals surface area (Å²) in [5.74, 6) is 2.56. The Labute approximate surface area is 281 Å². The van der Waals surface area contributed by atoms with E-state index in [-0.39, 0.29) is 5.92 Å². The molecule has 2 N–H and O–H groups in total. The molecule has 0 saturated heterocycles. The molecule has 4 nitrogen and oxygen atoms in total. The molecule has 0 radical (unpaired) electrons. The third kappa shape index (κ3) is 5.69. The lowest BCUT2D eigenvalue weighted by Gasteiger charge is -2.31. The minimum atomic E-state index is 0.267. The fraction of sp³-hybridized carbons (Fsp3) is 0.0682. The smallest absolute Gasteiger partial charge is 0.164 e. The number of hydrogen-bond acceptors (Lipinski definition) is 4. The largest absolute Gasteiger partial charge is 0.399 e. The summed E-state index contributed by atoms with van der Waals surface area (Å²) in [6, 6.07) is 54.6. The predicted molar refractivity (Wildman–Crippen MR) is 197 cm³/mol. The maximum atomic E-state index is 6.18. The lowest BCUT2D eigenvalue weighted by Crippen LogP contribution is -2.17. The van der Waals surface area contributed by atoms with Crippen molar-refractivity contribution in [2.45, 2.75) is 12.8 Å². The molecule has 0 spiro atoms. The highest BCUT2D eigenvalue weighted by molar-refractivity contribution is 5.85. The van der Waals surface area contributed by atoms with Gasteiger partial charge < -0.3 is 5.73 Å². The molecule has 0 aliphatic heterocycles. The number of nitrogen functional groups attached to an aromatic ring is 1. The first-order valence-electron chi connectivity index (χ1n) is 16.4. The van der Waals surface area contributed by atoms with Crippen molar-refractivity contribution in [3.05, 3.63) is 186 Å². The highest BCUT2D eigenvalue weighted by Crippen LogP contribution is 2.44. The number of rotatable bonds is 6. The van der Waals surface area contributed by atoms with Crippen LogP contribution in [0.25, 0.3) is 50.9 Å². The Balaban J connectivity index is 1.09. The van der Waals surface area contributed by atoms with Crippen LogP contribution in [0.3, 0.4) is 0 Å². The molecular formula is C44H34N4. The number of nitrogens with zero attached hydrogens (tertiary/aromatic N) is 3. The Kier molecular flexibility index (Phi) is 7.67. The summed E-state index contributed by atoms with van der Waals surface area (Å²) in [6.45, 7) is 2.30. The van der Waals surface area contributed by atoms with Crippen molar-refractivity contribution in [1.29, 1.82) is 0 Å². The standard InChI is InChI=1S/C44H34N4/c1-29-27-40(38-17-8-9-18-39(38)41(29)36-15-10-16-37(45)28-36)32-23-19-30(20-24-32)31-21-25-35(26-22-31)44-47-42(33-11-4-2-5-12-33)46-43(48-44)34-13-6-3-7-14-34/h2-29,41H,45H2,1H3. The van der Waals surface area contributed by atoms with Crippen LogP contribution >= 0.6 is 0 Å². The maximum absolute atomic E-state index is 6.18. The van der Waals surface area contributed by atoms with E-state index in [0.717, 1.165) is 33.5 Å². The van der Waals surface area contributed by atoms with Gasteiger partial charge in [0.15, 0.2) is 17.5 Å². The molecule has 48 heavy (non-hydrogen) atoms. The Hall–Kier alpha value is -6.13. The molecule has 2 atom stereocenters. The average molecular weight is 619 g/mol. The van der Waals surface area contributed by atoms with Crippen LogP contribution in [0.15, 0.2) is 164 Å². The summed E-state index contributed by atoms with van der Waals surface area (Å²) in [6.07, 6.45) is 2.42. The van der Waals surface area contributed by atoms with E-state index in [1.807, 2.05) is 66.7 Å². The van der Waals surface area contributed by atoms with E-state index in [1.54, 1.807) is 0 Å². The Bertz CT molecular complexity index is 2180. The quantitative estimate of drug-likeness (QED) is 0.188. The maximum Gasteiger partial charge on any atom is 0.164 e. The molecule has 1 aromatic heterocycles. The minimum Gasteiger partial charge on any atom is -0.399 e. The summed E-state index contributed by atoms with van der Waals surface area (Å²) in [5.41, 5.74) is 18.5. The highest BCUT2D eigenvalue weighted by Gasteiger charge is 2.28. The second kappa shape index (κ2) is 12.6. The van der Waals surface area contributed by atoms with Crippen molar-refractivity contribution in [2.75, 3.05) is 5.73 Å². The van der Waals surface area contributed by atoms with E-state index in [0.29, 0.717) is 23.4 Å². The lowest BCUT2D eigenvalue weighted by atomic mass is 9.72. The summed E-state index contributed by atoms with van der Waals surface area (Å²) >= 11 is 0. The van der Waals surface area contributed by atoms with Crippen molar-refractivity contribution in [3.8, 4) is 45.3 Å². The number of allylic oxidation sites excluding steroid dienone is 1. The molecule has 0 bridgehead atoms. The van der Waals surface area contributed by atoms with E-state index < -0.39 is 0 Å². The van der Waals surface area contributed by atoms with Gasteiger partial charge in [0.1, 0.15) is 0 Å². The SMILES string of the molecule is CC1C=C(c2ccc(-c3ccc(-c4nc(-c5ccccc5)nc(-c5ccccc5)n4)cc3)cc2)c2ccccc2C1c1cccc(N)c1. The minimum absolute atomic E-state index is 0.267. The Morgan fingerprint density at radius 1 is 0.458 bits per heavy atom. The van der Waals surface area contributed by atoms with E-state index >= 15 is 0 Å². The van der Waals surface area contributed by atoms with Gasteiger partial charge in [-0.2, -0.15) is 0 Å². The first-order chi connectivity index (χ1) is 23.6. The van der Waals surface area contributed by atoms with Gasteiger partial charge in [0, 0.05) is 28.3 Å². The molecule has 230 valence electrons. The van der Waals surface area contributed by atoms with Crippen molar-refractivity contribution in [2.24, 2.45) is 5.92 Å². The van der Waals surface area contributed by atoms with Crippen molar-refractivity contribution < 1.29 is 0 Å². The summed E-state index contributed by atoms with van der Waals surface area (Å²) in [4.78, 5) is 14.6. The first-order valence-corrected chi connectivity index (χ1v) is 16.4. The number of nitrogens with two attached hydrogens (primary N) is 1. The molecule has 2 unspecified atom stereocenters. The van der Waals surface area contributed by atoms with Crippen LogP contribution < -0.4 is 5.73 Å². The van der Waals surface area contributed by atoms with Gasteiger partial charge in [0.2, 0.25) is 0 Å². The molecule has 7 aromatic rings. The second-order valence-corrected chi connectivity index (χ2v) is 12.4. The van der Waals surface area contributed by atoms with E-state index in [4.69, 9.17) is 20.7 Å². The van der Waals surface area contributed by atoms with E-state index in [1.165, 1.54) is 27.8 Å². The lowest BCUT2D eigenvalue weighted by molar-refractivity contribution is 0.616. The molecule has 0 fully saturated rings. The Morgan fingerprint density at radius 3 is 1.50 bits per heavy atom. The zero-order valence-corrected chi connectivity index (χ0v) is 26.7. The average Bonchev–Trinajstić information content (AvgIpc) is 3.15. The molecule has 4 heteroatoms. The zero-order chi connectivity index (χ0) is 32.5. The van der Waals surface area contributed by atoms with Crippen LogP contribution in [-0.2, 0) is 0 Å². The summed E-state index contributed by atoms with van der Waals surface area (Å²) in [5, 5.41) is 0. The molecule has 0 saturated carbocycles. The molecule has 1 heterocycles. The van der Waals surface area contributed by atoms with Gasteiger partial charge in [-0.3, -0.25) is 0 Å². The van der Waals surface area contributed by atoms with Gasteiger partial charge in [0.05, 0.1) is 0 Å². The number of fused-ring (bicyclic) bond motifs is 1. The second-order valence-electron chi connectivity index (χ2n) is 12.4. The molecular weight excluding hydrogens is 585 g/mol. The van der Waals surface area contributed by atoms with E-state index in [9.17, 15) is 0 Å². The van der Waals surface area contributed by atoms with E-state index in [2.05, 4.69) is 104 Å². The van der Waals surface area contributed by atoms with Gasteiger partial charge in [-0.1, -0.05) is 159 Å². The molecule has 1 aliphatic rings. The van der Waals surface area contributed by atoms with Crippen molar-refractivity contribution in [3.63, 3.8) is 0 Å². The Morgan fingerprint density at radius 2 is 0.938 bits per heavy atom. The highest BCUT2D eigenvalue weighted by atomic mass is 15.0. The van der Waals surface area contributed by atoms with Crippen molar-refractivity contribution >= 4 is 11.3 Å². The summed E-state index contributed by atoms with van der Waals surface area (Å²) in [7, 11) is 0. The van der Waals surface area contributed by atoms with Crippen LogP contribution in [-0.4, -0.2) is 15.0 Å². The topological polar surface area (TPSA) is 64.7 Å². The number of hydrogen-bond donors (Lipinski definition) is 1. The van der Waals surface area contributed by atoms with Crippen LogP contribution in [0.4, 0.5) is 5.69 Å². The van der Waals surface area contributed by atoms with Crippen LogP contribution in [0.2, 0.25) is 0 Å². The predicted octanol–water partition coefficient (Wildman–Crippen LogP) is 10.3. The van der Waals surface area contributed by atoms with Crippen LogP contribution in [0.5, 0.6) is 0 Å². The fourth-order valence-corrected chi connectivity index (χ4v) is 6.82. The summed E-state index contributed by atoms with van der Waals surface area (Å²) < 4.78 is 0. The first kappa shape index (κ1) is 29.3. The number of anilines is 1. The van der Waals surface area contributed by atoms with Gasteiger partial charge in [-0.05, 0) is 57.0 Å². The third-order valence-corrected chi connectivity index (χ3v) is 9.18. The van der Waals surface area contributed by atoms with Crippen LogP contribution in [0.1, 0.15) is 35.1 Å². The molecule has 6 aromatic carbocycles. The monoisotopic (exact) mass is 618 g/mol. The van der Waals surface area contributed by atoms with Gasteiger partial charge in [-0.15, -0.1) is 0 Å². The zero-order valence-electron chi connectivity index (χ0n) is 26.7. The normalized spacial score (nSPS) is 15.4. The molecule has 8 rings (SSSR count). The van der Waals surface area contributed by atoms with Gasteiger partial charge >= 0.3 is 0 Å². The third-order valence-electron chi connectivity index (χ3n) is 9.18. The van der Waals surface area contributed by atoms with Gasteiger partial charge in [-0.25, -0.2) is 15.0 Å². The molecule has 0 amide bonds. The fourth-order valence-electron chi connectivity index (χ4n) is 6.82. The number of aromatic nitrogens is 3. The number of benzene rings is 6.